The predicted octanol–water partition coefficient (Wildman–Crippen LogP) is 8.29. The molecule has 2 saturated carbocycles. The van der Waals surface area contributed by atoms with Crippen LogP contribution in [0.3, 0.4) is 0 Å². The van der Waals surface area contributed by atoms with Crippen molar-refractivity contribution in [2.45, 2.75) is 184 Å². The molecule has 2 aliphatic carbocycles. The summed E-state index contributed by atoms with van der Waals surface area (Å²) in [5, 5.41) is 0. The highest BCUT2D eigenvalue weighted by atomic mass is 16.6. The molecule has 0 aromatic carbocycles. The standard InChI is InChI=1S/2C25H40O8/c1-9-24(5,6)32-21(27)17-11-12-18(23(29)33-25(7,8)10-2)19(15-17)22(28)31-14-13-30-20(26)16(3)4;1-9-24(5,6)32-21(27)17-11-12-18(19(15-17)23(29)33-25(7,8)10-2)22(28)31-14-13-30-20(26)16(3)4/h2*17-19H,3,9-15H2,1-2,4-8H3. The third-order valence-electron chi connectivity index (χ3n) is 12.3. The summed E-state index contributed by atoms with van der Waals surface area (Å²) in [5.41, 5.74) is -2.08. The molecule has 0 amide bonds. The van der Waals surface area contributed by atoms with Crippen LogP contribution in [-0.4, -0.2) is 96.6 Å². The zero-order chi connectivity index (χ0) is 50.8. The predicted molar refractivity (Wildman–Crippen MR) is 244 cm³/mol. The maximum atomic E-state index is 13.0. The van der Waals surface area contributed by atoms with Crippen molar-refractivity contribution in [1.82, 2.24) is 0 Å². The maximum absolute atomic E-state index is 13.0. The molecule has 16 nitrogen and oxygen atoms in total. The third kappa shape index (κ3) is 20.4. The van der Waals surface area contributed by atoms with Gasteiger partial charge in [0.1, 0.15) is 48.8 Å². The average Bonchev–Trinajstić information content (AvgIpc) is 3.25. The van der Waals surface area contributed by atoms with Crippen molar-refractivity contribution in [3.63, 3.8) is 0 Å². The Balaban J connectivity index is 0.000000660. The third-order valence-corrected chi connectivity index (χ3v) is 12.3. The second-order valence-corrected chi connectivity index (χ2v) is 19.8. The zero-order valence-corrected chi connectivity index (χ0v) is 42.3. The molecule has 16 heteroatoms. The van der Waals surface area contributed by atoms with E-state index in [9.17, 15) is 38.4 Å². The van der Waals surface area contributed by atoms with Gasteiger partial charge < -0.3 is 37.9 Å². The van der Waals surface area contributed by atoms with E-state index in [1.165, 1.54) is 13.8 Å². The van der Waals surface area contributed by atoms with Crippen LogP contribution in [0.4, 0.5) is 0 Å². The van der Waals surface area contributed by atoms with E-state index < -0.39 is 93.7 Å². The number of hydrogen-bond donors (Lipinski definition) is 0. The topological polar surface area (TPSA) is 210 Å². The van der Waals surface area contributed by atoms with Crippen molar-refractivity contribution < 1.29 is 76.3 Å². The molecule has 2 rings (SSSR count). The van der Waals surface area contributed by atoms with Gasteiger partial charge in [0.2, 0.25) is 0 Å². The lowest BCUT2D eigenvalue weighted by Crippen LogP contribution is -2.43. The van der Waals surface area contributed by atoms with Crippen LogP contribution in [0.15, 0.2) is 24.3 Å². The fourth-order valence-electron chi connectivity index (χ4n) is 6.56. The molecule has 0 bridgehead atoms. The molecule has 0 N–H and O–H groups in total. The van der Waals surface area contributed by atoms with Crippen LogP contribution in [0.1, 0.15) is 161 Å². The Labute approximate surface area is 392 Å². The molecule has 6 atom stereocenters. The Kier molecular flexibility index (Phi) is 23.8. The van der Waals surface area contributed by atoms with Gasteiger partial charge in [0.05, 0.1) is 35.5 Å². The Morgan fingerprint density at radius 1 is 0.394 bits per heavy atom. The number of carbonyl (C=O) groups is 8. The summed E-state index contributed by atoms with van der Waals surface area (Å²) in [6.45, 7) is 31.7. The van der Waals surface area contributed by atoms with Crippen molar-refractivity contribution in [2.75, 3.05) is 26.4 Å². The SMILES string of the molecule is C=C(C)C(=O)OCCOC(=O)C1CC(C(=O)OC(C)(C)CC)CCC1C(=O)OC(C)(C)CC.C=C(C)C(=O)OCCOC(=O)C1CCC(C(=O)OC(C)(C)CC)CC1C(=O)OC(C)(C)CC. The summed E-state index contributed by atoms with van der Waals surface area (Å²) >= 11 is 0. The van der Waals surface area contributed by atoms with Crippen LogP contribution < -0.4 is 0 Å². The van der Waals surface area contributed by atoms with E-state index in [1.807, 2.05) is 69.2 Å². The minimum atomic E-state index is -0.849. The molecular weight excluding hydrogens is 857 g/mol. The van der Waals surface area contributed by atoms with Crippen LogP contribution in [0, 0.1) is 35.5 Å². The lowest BCUT2D eigenvalue weighted by molar-refractivity contribution is -0.177. The molecule has 2 fully saturated rings. The zero-order valence-electron chi connectivity index (χ0n) is 42.3. The molecule has 0 aromatic rings. The van der Waals surface area contributed by atoms with Crippen molar-refractivity contribution in [3.05, 3.63) is 24.3 Å². The van der Waals surface area contributed by atoms with Crippen LogP contribution in [0.5, 0.6) is 0 Å². The van der Waals surface area contributed by atoms with E-state index in [0.29, 0.717) is 51.4 Å². The summed E-state index contributed by atoms with van der Waals surface area (Å²) in [7, 11) is 0. The van der Waals surface area contributed by atoms with Crippen molar-refractivity contribution in [1.29, 1.82) is 0 Å². The molecule has 66 heavy (non-hydrogen) atoms. The smallest absolute Gasteiger partial charge is 0.333 e. The Morgan fingerprint density at radius 3 is 0.970 bits per heavy atom. The van der Waals surface area contributed by atoms with Gasteiger partial charge in [-0.25, -0.2) is 9.59 Å². The molecule has 6 unspecified atom stereocenters. The minimum Gasteiger partial charge on any atom is -0.462 e. The molecule has 0 aromatic heterocycles. The van der Waals surface area contributed by atoms with E-state index in [1.54, 1.807) is 13.8 Å². The first kappa shape index (κ1) is 59.3. The second kappa shape index (κ2) is 26.5. The van der Waals surface area contributed by atoms with E-state index in [-0.39, 0.29) is 62.4 Å². The number of carbonyl (C=O) groups excluding carboxylic acids is 8. The molecule has 2 aliphatic rings. The number of esters is 8. The van der Waals surface area contributed by atoms with E-state index in [2.05, 4.69) is 13.2 Å². The fraction of sp³-hybridized carbons (Fsp3) is 0.760. The molecule has 376 valence electrons. The van der Waals surface area contributed by atoms with Crippen LogP contribution in [-0.2, 0) is 76.3 Å². The lowest BCUT2D eigenvalue weighted by atomic mass is 9.73. The largest absolute Gasteiger partial charge is 0.462 e. The minimum absolute atomic E-state index is 0.108. The Morgan fingerprint density at radius 2 is 0.652 bits per heavy atom. The summed E-state index contributed by atoms with van der Waals surface area (Å²) in [6, 6.07) is 0. The van der Waals surface area contributed by atoms with Crippen LogP contribution in [0.25, 0.3) is 0 Å². The molecular formula is C50H80O16. The van der Waals surface area contributed by atoms with Gasteiger partial charge in [0, 0.05) is 11.1 Å². The summed E-state index contributed by atoms with van der Waals surface area (Å²) in [6.07, 6.45) is 4.26. The lowest BCUT2D eigenvalue weighted by Gasteiger charge is -2.36. The second-order valence-electron chi connectivity index (χ2n) is 19.8. The van der Waals surface area contributed by atoms with Gasteiger partial charge in [-0.05, 0) is 133 Å². The van der Waals surface area contributed by atoms with Gasteiger partial charge in [-0.15, -0.1) is 0 Å². The average molecular weight is 937 g/mol. The van der Waals surface area contributed by atoms with Crippen LogP contribution >= 0.6 is 0 Å². The van der Waals surface area contributed by atoms with E-state index in [0.717, 1.165) is 0 Å². The number of rotatable bonds is 22. The summed E-state index contributed by atoms with van der Waals surface area (Å²) in [5.74, 6) is -8.23. The van der Waals surface area contributed by atoms with Crippen molar-refractivity contribution in [3.8, 4) is 0 Å². The van der Waals surface area contributed by atoms with Gasteiger partial charge in [-0.3, -0.25) is 28.8 Å². The van der Waals surface area contributed by atoms with Gasteiger partial charge in [0.15, 0.2) is 0 Å². The maximum Gasteiger partial charge on any atom is 0.333 e. The summed E-state index contributed by atoms with van der Waals surface area (Å²) < 4.78 is 43.0. The van der Waals surface area contributed by atoms with Crippen molar-refractivity contribution in [2.24, 2.45) is 35.5 Å². The molecule has 0 saturated heterocycles. The van der Waals surface area contributed by atoms with Gasteiger partial charge in [-0.1, -0.05) is 40.9 Å². The number of ether oxygens (including phenoxy) is 8. The van der Waals surface area contributed by atoms with Gasteiger partial charge in [0.25, 0.3) is 0 Å². The quantitative estimate of drug-likeness (QED) is 0.0432. The van der Waals surface area contributed by atoms with Crippen LogP contribution in [0.2, 0.25) is 0 Å². The summed E-state index contributed by atoms with van der Waals surface area (Å²) in [4.78, 5) is 100. The first-order valence-electron chi connectivity index (χ1n) is 23.4. The normalized spacial score (nSPS) is 21.0. The molecule has 0 heterocycles. The highest BCUT2D eigenvalue weighted by Gasteiger charge is 2.47. The van der Waals surface area contributed by atoms with E-state index >= 15 is 0 Å². The highest BCUT2D eigenvalue weighted by molar-refractivity contribution is 5.88. The molecule has 0 radical (unpaired) electrons. The highest BCUT2D eigenvalue weighted by Crippen LogP contribution is 2.40. The first-order valence-corrected chi connectivity index (χ1v) is 23.4. The Bertz CT molecular complexity index is 1720. The first-order chi connectivity index (χ1) is 30.5. The van der Waals surface area contributed by atoms with Gasteiger partial charge in [-0.2, -0.15) is 0 Å². The van der Waals surface area contributed by atoms with E-state index in [4.69, 9.17) is 37.9 Å². The molecule has 0 aliphatic heterocycles. The van der Waals surface area contributed by atoms with Crippen molar-refractivity contribution >= 4 is 47.8 Å². The Hall–Kier alpha value is -4.76. The molecule has 0 spiro atoms. The monoisotopic (exact) mass is 937 g/mol. The fourth-order valence-corrected chi connectivity index (χ4v) is 6.56. The van der Waals surface area contributed by atoms with Gasteiger partial charge >= 0.3 is 47.8 Å². The number of hydrogen-bond acceptors (Lipinski definition) is 16.